The minimum atomic E-state index is -0.490. The summed E-state index contributed by atoms with van der Waals surface area (Å²) in [5.74, 6) is 0.436. The van der Waals surface area contributed by atoms with Gasteiger partial charge < -0.3 is 10.1 Å². The molecule has 0 saturated carbocycles. The quantitative estimate of drug-likeness (QED) is 0.757. The number of carbonyl (C=O) groups excluding carboxylic acids is 2. The van der Waals surface area contributed by atoms with E-state index in [2.05, 4.69) is 10.3 Å². The fourth-order valence-electron chi connectivity index (χ4n) is 2.88. The van der Waals surface area contributed by atoms with Gasteiger partial charge in [0.25, 0.3) is 0 Å². The molecule has 0 spiro atoms. The fraction of sp³-hybridized carbons (Fsp3) is 0.286. The number of nitrogens with zero attached hydrogens (tertiary/aromatic N) is 2. The first kappa shape index (κ1) is 21.2. The van der Waals surface area contributed by atoms with Gasteiger partial charge in [0, 0.05) is 25.0 Å². The van der Waals surface area contributed by atoms with E-state index in [0.717, 1.165) is 11.3 Å². The van der Waals surface area contributed by atoms with Gasteiger partial charge in [-0.05, 0) is 48.4 Å². The first-order valence-corrected chi connectivity index (χ1v) is 10.4. The number of ether oxygens (including phenoxy) is 1. The zero-order chi connectivity index (χ0) is 20.8. The smallest absolute Gasteiger partial charge is 0.233 e. The molecule has 6 nitrogen and oxygen atoms in total. The lowest BCUT2D eigenvalue weighted by Gasteiger charge is -2.31. The normalized spacial score (nSPS) is 18.0. The molecule has 2 aromatic carbocycles. The summed E-state index contributed by atoms with van der Waals surface area (Å²) in [6.07, 6.45) is 0.808. The second-order valence-corrected chi connectivity index (χ2v) is 8.05. The zero-order valence-electron chi connectivity index (χ0n) is 16.2. The van der Waals surface area contributed by atoms with Gasteiger partial charge in [-0.25, -0.2) is 4.99 Å². The third-order valence-electron chi connectivity index (χ3n) is 4.51. The Balaban J connectivity index is 1.83. The molecule has 152 valence electrons. The first-order chi connectivity index (χ1) is 14.0. The maximum Gasteiger partial charge on any atom is 0.233 e. The van der Waals surface area contributed by atoms with Crippen molar-refractivity contribution in [2.45, 2.75) is 18.1 Å². The summed E-state index contributed by atoms with van der Waals surface area (Å²) in [6, 6.07) is 14.8. The molecule has 1 aliphatic rings. The minimum absolute atomic E-state index is 0.112. The van der Waals surface area contributed by atoms with Crippen molar-refractivity contribution in [3.05, 3.63) is 59.1 Å². The minimum Gasteiger partial charge on any atom is -0.497 e. The molecule has 3 rings (SSSR count). The number of aliphatic imine (C=N–C) groups is 1. The van der Waals surface area contributed by atoms with E-state index in [-0.39, 0.29) is 18.2 Å². The number of halogens is 1. The highest BCUT2D eigenvalue weighted by Crippen LogP contribution is 2.30. The summed E-state index contributed by atoms with van der Waals surface area (Å²) in [5, 5.41) is 3.33. The Morgan fingerprint density at radius 3 is 2.55 bits per heavy atom. The van der Waals surface area contributed by atoms with Gasteiger partial charge in [-0.15, -0.1) is 0 Å². The number of benzene rings is 2. The molecule has 2 aromatic rings. The van der Waals surface area contributed by atoms with E-state index in [1.54, 1.807) is 19.1 Å². The van der Waals surface area contributed by atoms with Crippen LogP contribution in [0.3, 0.4) is 0 Å². The van der Waals surface area contributed by atoms with Crippen LogP contribution in [0.25, 0.3) is 0 Å². The molecule has 0 radical (unpaired) electrons. The van der Waals surface area contributed by atoms with E-state index < -0.39 is 5.25 Å². The number of amides is 2. The molecule has 0 aliphatic carbocycles. The van der Waals surface area contributed by atoms with Gasteiger partial charge in [-0.2, -0.15) is 0 Å². The number of nitrogens with one attached hydrogen (secondary N) is 1. The number of carbonyl (C=O) groups is 2. The van der Waals surface area contributed by atoms with Gasteiger partial charge >= 0.3 is 0 Å². The van der Waals surface area contributed by atoms with Crippen molar-refractivity contribution >= 4 is 46.0 Å². The van der Waals surface area contributed by atoms with Gasteiger partial charge in [-0.3, -0.25) is 14.5 Å². The lowest BCUT2D eigenvalue weighted by molar-refractivity contribution is -0.130. The van der Waals surface area contributed by atoms with E-state index in [0.29, 0.717) is 28.8 Å². The van der Waals surface area contributed by atoms with Crippen molar-refractivity contribution in [2.75, 3.05) is 20.7 Å². The average molecular weight is 432 g/mol. The highest BCUT2D eigenvalue weighted by Gasteiger charge is 2.35. The number of rotatable bonds is 6. The monoisotopic (exact) mass is 431 g/mol. The number of hydrogen-bond acceptors (Lipinski definition) is 5. The maximum absolute atomic E-state index is 12.8. The van der Waals surface area contributed by atoms with Crippen LogP contribution >= 0.6 is 23.4 Å². The molecular weight excluding hydrogens is 410 g/mol. The summed E-state index contributed by atoms with van der Waals surface area (Å²) in [6.45, 7) is 0.475. The molecule has 1 heterocycles. The topological polar surface area (TPSA) is 71.0 Å². The standard InChI is InChI=1S/C21H22ClN3O3S/c1-23-20(27)18-13-19(26)25(12-11-14-3-5-15(22)6-4-14)21(29-18)24-16-7-9-17(28-2)10-8-16/h3-10,18H,11-13H2,1-2H3,(H,23,27)/t18-/m1/s1. The molecule has 1 atom stereocenters. The Bertz CT molecular complexity index is 900. The summed E-state index contributed by atoms with van der Waals surface area (Å²) in [5.41, 5.74) is 1.76. The van der Waals surface area contributed by atoms with Crippen molar-refractivity contribution in [2.24, 2.45) is 4.99 Å². The number of amidine groups is 1. The highest BCUT2D eigenvalue weighted by atomic mass is 35.5. The Labute approximate surface area is 179 Å². The van der Waals surface area contributed by atoms with Gasteiger partial charge in [0.2, 0.25) is 11.8 Å². The Morgan fingerprint density at radius 1 is 1.24 bits per heavy atom. The van der Waals surface area contributed by atoms with Gasteiger partial charge in [0.05, 0.1) is 18.0 Å². The van der Waals surface area contributed by atoms with E-state index >= 15 is 0 Å². The number of methoxy groups -OCH3 is 1. The molecule has 1 aliphatic heterocycles. The molecule has 1 saturated heterocycles. The first-order valence-electron chi connectivity index (χ1n) is 9.16. The van der Waals surface area contributed by atoms with Crippen molar-refractivity contribution in [3.8, 4) is 5.75 Å². The lowest BCUT2D eigenvalue weighted by Crippen LogP contribution is -2.46. The third-order valence-corrected chi connectivity index (χ3v) is 5.95. The molecule has 0 bridgehead atoms. The van der Waals surface area contributed by atoms with Crippen LogP contribution in [0, 0.1) is 0 Å². The van der Waals surface area contributed by atoms with Crippen molar-refractivity contribution in [3.63, 3.8) is 0 Å². The van der Waals surface area contributed by atoms with E-state index in [1.165, 1.54) is 11.8 Å². The van der Waals surface area contributed by atoms with E-state index in [1.807, 2.05) is 48.5 Å². The molecule has 8 heteroatoms. The Kier molecular flexibility index (Phi) is 7.17. The lowest BCUT2D eigenvalue weighted by atomic mass is 10.1. The molecule has 2 amide bonds. The van der Waals surface area contributed by atoms with Crippen LogP contribution in [0.1, 0.15) is 12.0 Å². The Hall–Kier alpha value is -2.51. The SMILES string of the molecule is CNC(=O)[C@H]1CC(=O)N(CCc2ccc(Cl)cc2)C(=Nc2ccc(OC)cc2)S1. The highest BCUT2D eigenvalue weighted by molar-refractivity contribution is 8.15. The van der Waals surface area contributed by atoms with Crippen molar-refractivity contribution in [1.29, 1.82) is 0 Å². The van der Waals surface area contributed by atoms with Crippen LogP contribution in [0.15, 0.2) is 53.5 Å². The predicted molar refractivity (Wildman–Crippen MR) is 117 cm³/mol. The van der Waals surface area contributed by atoms with Crippen LogP contribution < -0.4 is 10.1 Å². The van der Waals surface area contributed by atoms with Gasteiger partial charge in [-0.1, -0.05) is 35.5 Å². The maximum atomic E-state index is 12.8. The van der Waals surface area contributed by atoms with Gasteiger partial charge in [0.1, 0.15) is 5.75 Å². The molecule has 1 N–H and O–H groups in total. The van der Waals surface area contributed by atoms with Crippen molar-refractivity contribution < 1.29 is 14.3 Å². The fourth-order valence-corrected chi connectivity index (χ4v) is 4.19. The molecular formula is C21H22ClN3O3S. The summed E-state index contributed by atoms with van der Waals surface area (Å²) >= 11 is 7.25. The second-order valence-electron chi connectivity index (χ2n) is 6.44. The number of thioether (sulfide) groups is 1. The molecule has 0 unspecified atom stereocenters. The van der Waals surface area contributed by atoms with E-state index in [9.17, 15) is 9.59 Å². The molecule has 1 fully saturated rings. The van der Waals surface area contributed by atoms with E-state index in [4.69, 9.17) is 16.3 Å². The Morgan fingerprint density at radius 2 is 1.93 bits per heavy atom. The van der Waals surface area contributed by atoms with Crippen LogP contribution in [0.5, 0.6) is 5.75 Å². The largest absolute Gasteiger partial charge is 0.497 e. The third kappa shape index (κ3) is 5.52. The zero-order valence-corrected chi connectivity index (χ0v) is 17.8. The van der Waals surface area contributed by atoms with Crippen molar-refractivity contribution in [1.82, 2.24) is 10.2 Å². The van der Waals surface area contributed by atoms with Crippen LogP contribution in [0.4, 0.5) is 5.69 Å². The molecule has 0 aromatic heterocycles. The predicted octanol–water partition coefficient (Wildman–Crippen LogP) is 3.66. The average Bonchev–Trinajstić information content (AvgIpc) is 2.74. The van der Waals surface area contributed by atoms with Crippen LogP contribution in [-0.4, -0.2) is 47.8 Å². The summed E-state index contributed by atoms with van der Waals surface area (Å²) in [7, 11) is 3.17. The summed E-state index contributed by atoms with van der Waals surface area (Å²) in [4.78, 5) is 31.2. The molecule has 29 heavy (non-hydrogen) atoms. The summed E-state index contributed by atoms with van der Waals surface area (Å²) < 4.78 is 5.18. The van der Waals surface area contributed by atoms with Crippen LogP contribution in [0.2, 0.25) is 5.02 Å². The number of hydrogen-bond donors (Lipinski definition) is 1. The van der Waals surface area contributed by atoms with Crippen LogP contribution in [-0.2, 0) is 16.0 Å². The van der Waals surface area contributed by atoms with Gasteiger partial charge in [0.15, 0.2) is 5.17 Å². The second kappa shape index (κ2) is 9.80.